The molecular weight excluding hydrogens is 292 g/mol. The van der Waals surface area contributed by atoms with Gasteiger partial charge in [-0.25, -0.2) is 9.78 Å². The number of amides is 1. The first-order valence-electron chi connectivity index (χ1n) is 6.46. The maximum absolute atomic E-state index is 11.4. The second-order valence-corrected chi connectivity index (χ2v) is 5.61. The van der Waals surface area contributed by atoms with Crippen LogP contribution in [0.2, 0.25) is 0 Å². The van der Waals surface area contributed by atoms with Gasteiger partial charge in [0, 0.05) is 35.8 Å². The number of nitrogens with one attached hydrogen (secondary N) is 1. The van der Waals surface area contributed by atoms with Gasteiger partial charge in [0.1, 0.15) is 6.29 Å². The van der Waals surface area contributed by atoms with Crippen molar-refractivity contribution in [2.24, 2.45) is 4.99 Å². The summed E-state index contributed by atoms with van der Waals surface area (Å²) in [5.74, 6) is 0.764. The molecule has 0 bridgehead atoms. The quantitative estimate of drug-likeness (QED) is 0.835. The summed E-state index contributed by atoms with van der Waals surface area (Å²) in [5.41, 5.74) is 1.57. The minimum Gasteiger partial charge on any atom is -0.453 e. The van der Waals surface area contributed by atoms with Crippen molar-refractivity contribution in [1.29, 1.82) is 0 Å². The summed E-state index contributed by atoms with van der Waals surface area (Å²) < 4.78 is 4.62. The van der Waals surface area contributed by atoms with Crippen molar-refractivity contribution in [2.45, 2.75) is 12.5 Å². The van der Waals surface area contributed by atoms with Crippen LogP contribution in [-0.4, -0.2) is 54.3 Å². The molecule has 3 heterocycles. The first-order valence-corrected chi connectivity index (χ1v) is 7.34. The van der Waals surface area contributed by atoms with Gasteiger partial charge < -0.3 is 15.0 Å². The number of aldehydes is 1. The van der Waals surface area contributed by atoms with E-state index in [9.17, 15) is 9.59 Å². The number of fused-ring (bicyclic) bond motifs is 1. The Kier molecular flexibility index (Phi) is 3.70. The van der Waals surface area contributed by atoms with E-state index in [2.05, 4.69) is 20.0 Å². The predicted molar refractivity (Wildman–Crippen MR) is 77.3 cm³/mol. The van der Waals surface area contributed by atoms with E-state index in [-0.39, 0.29) is 6.04 Å². The zero-order chi connectivity index (χ0) is 14.8. The summed E-state index contributed by atoms with van der Waals surface area (Å²) in [5, 5.41) is 5.47. The fourth-order valence-electron chi connectivity index (χ4n) is 2.54. The number of carbonyl (C=O) groups excluding carboxylic acids is 2. The molecule has 21 heavy (non-hydrogen) atoms. The minimum atomic E-state index is -0.471. The van der Waals surface area contributed by atoms with Crippen molar-refractivity contribution in [3.8, 4) is 0 Å². The van der Waals surface area contributed by atoms with E-state index in [0.29, 0.717) is 25.1 Å². The lowest BCUT2D eigenvalue weighted by atomic mass is 10.1. The van der Waals surface area contributed by atoms with Crippen LogP contribution in [0.25, 0.3) is 0 Å². The van der Waals surface area contributed by atoms with Crippen LogP contribution < -0.4 is 5.32 Å². The molecule has 1 unspecified atom stereocenters. The molecule has 2 aliphatic heterocycles. The molecule has 110 valence electrons. The second-order valence-electron chi connectivity index (χ2n) is 4.71. The molecule has 0 aromatic carbocycles. The molecule has 3 rings (SSSR count). The van der Waals surface area contributed by atoms with Crippen LogP contribution in [0.5, 0.6) is 0 Å². The van der Waals surface area contributed by atoms with E-state index in [1.54, 1.807) is 6.20 Å². The van der Waals surface area contributed by atoms with E-state index in [1.165, 1.54) is 18.4 Å². The number of nitrogens with zero attached hydrogens (tertiary/aromatic N) is 3. The molecule has 1 atom stereocenters. The van der Waals surface area contributed by atoms with Crippen molar-refractivity contribution in [2.75, 3.05) is 20.2 Å². The zero-order valence-electron chi connectivity index (χ0n) is 11.4. The van der Waals surface area contributed by atoms with Gasteiger partial charge in [-0.15, -0.1) is 11.3 Å². The van der Waals surface area contributed by atoms with Gasteiger partial charge in [-0.2, -0.15) is 0 Å². The Labute approximate surface area is 125 Å². The Morgan fingerprint density at radius 3 is 3.14 bits per heavy atom. The first-order chi connectivity index (χ1) is 10.2. The molecule has 0 spiro atoms. The van der Waals surface area contributed by atoms with Gasteiger partial charge in [-0.05, 0) is 0 Å². The molecule has 0 radical (unpaired) electrons. The van der Waals surface area contributed by atoms with Crippen LogP contribution in [0, 0.1) is 0 Å². The summed E-state index contributed by atoms with van der Waals surface area (Å²) in [4.78, 5) is 33.3. The molecule has 0 aliphatic carbocycles. The molecule has 1 fully saturated rings. The van der Waals surface area contributed by atoms with E-state index >= 15 is 0 Å². The van der Waals surface area contributed by atoms with Crippen LogP contribution in [0.4, 0.5) is 4.79 Å². The lowest BCUT2D eigenvalue weighted by Gasteiger charge is -2.25. The number of methoxy groups -OCH3 is 1. The Hall–Kier alpha value is -2.22. The monoisotopic (exact) mass is 306 g/mol. The topological polar surface area (TPSA) is 83.9 Å². The Balaban J connectivity index is 1.86. The molecular formula is C13H14N4O3S. The number of amidine groups is 1. The Morgan fingerprint density at radius 2 is 2.48 bits per heavy atom. The number of thiazole rings is 1. The van der Waals surface area contributed by atoms with Gasteiger partial charge >= 0.3 is 6.09 Å². The third-order valence-corrected chi connectivity index (χ3v) is 4.24. The standard InChI is InChI=1S/C13H14N4O3S/c1-20-13(19)16-9-4-10-8(7-18)5-15-11(17(10)6-9)12-14-2-3-21-12/h2-3,7,9H,4-6H2,1H3,(H,16,19). The molecule has 2 aliphatic rings. The van der Waals surface area contributed by atoms with Crippen molar-refractivity contribution >= 4 is 29.6 Å². The second kappa shape index (κ2) is 5.65. The molecule has 1 N–H and O–H groups in total. The molecule has 1 saturated heterocycles. The highest BCUT2D eigenvalue weighted by Gasteiger charge is 2.36. The highest BCUT2D eigenvalue weighted by Crippen LogP contribution is 2.30. The number of hydrogen-bond acceptors (Lipinski definition) is 7. The van der Waals surface area contributed by atoms with Gasteiger partial charge in [-0.1, -0.05) is 0 Å². The van der Waals surface area contributed by atoms with Gasteiger partial charge in [0.25, 0.3) is 0 Å². The van der Waals surface area contributed by atoms with Crippen molar-refractivity contribution in [3.05, 3.63) is 27.9 Å². The summed E-state index contributed by atoms with van der Waals surface area (Å²) in [6.07, 6.45) is 2.68. The molecule has 0 saturated carbocycles. The summed E-state index contributed by atoms with van der Waals surface area (Å²) in [7, 11) is 1.33. The summed E-state index contributed by atoms with van der Waals surface area (Å²) in [6, 6.07) is -0.106. The molecule has 7 nitrogen and oxygen atoms in total. The molecule has 1 amide bonds. The molecule has 1 aromatic heterocycles. The van der Waals surface area contributed by atoms with Crippen molar-refractivity contribution < 1.29 is 14.3 Å². The Morgan fingerprint density at radius 1 is 1.62 bits per heavy atom. The highest BCUT2D eigenvalue weighted by atomic mass is 32.1. The SMILES string of the molecule is COC(=O)NC1CC2=C(C=O)CN=C(c3nccs3)N2C1. The lowest BCUT2D eigenvalue weighted by molar-refractivity contribution is -0.105. The minimum absolute atomic E-state index is 0.106. The first kappa shape index (κ1) is 13.7. The van der Waals surface area contributed by atoms with E-state index in [4.69, 9.17) is 0 Å². The number of carbonyl (C=O) groups is 2. The summed E-state index contributed by atoms with van der Waals surface area (Å²) in [6.45, 7) is 0.912. The van der Waals surface area contributed by atoms with Crippen LogP contribution in [-0.2, 0) is 9.53 Å². The van der Waals surface area contributed by atoms with Gasteiger partial charge in [-0.3, -0.25) is 9.79 Å². The predicted octanol–water partition coefficient (Wildman–Crippen LogP) is 0.787. The average molecular weight is 306 g/mol. The number of aliphatic imine (C=N–C) groups is 1. The van der Waals surface area contributed by atoms with Crippen LogP contribution >= 0.6 is 11.3 Å². The number of alkyl carbamates (subject to hydrolysis) is 1. The largest absolute Gasteiger partial charge is 0.453 e. The van der Waals surface area contributed by atoms with Crippen LogP contribution in [0.1, 0.15) is 11.4 Å². The van der Waals surface area contributed by atoms with E-state index in [0.717, 1.165) is 22.8 Å². The average Bonchev–Trinajstić information content (AvgIpc) is 3.15. The number of ether oxygens (including phenoxy) is 1. The molecule has 8 heteroatoms. The molecule has 1 aromatic rings. The highest BCUT2D eigenvalue weighted by molar-refractivity contribution is 7.11. The maximum Gasteiger partial charge on any atom is 0.407 e. The van der Waals surface area contributed by atoms with Crippen LogP contribution in [0.15, 0.2) is 27.8 Å². The third kappa shape index (κ3) is 2.54. The van der Waals surface area contributed by atoms with Gasteiger partial charge in [0.15, 0.2) is 10.8 Å². The number of hydrogen-bond donors (Lipinski definition) is 1. The van der Waals surface area contributed by atoms with Gasteiger partial charge in [0.2, 0.25) is 0 Å². The Bertz CT molecular complexity index is 623. The lowest BCUT2D eigenvalue weighted by Crippen LogP contribution is -2.39. The maximum atomic E-state index is 11.4. The zero-order valence-corrected chi connectivity index (χ0v) is 12.2. The number of aromatic nitrogens is 1. The summed E-state index contributed by atoms with van der Waals surface area (Å²) >= 11 is 1.50. The van der Waals surface area contributed by atoms with E-state index < -0.39 is 6.09 Å². The fraction of sp³-hybridized carbons (Fsp3) is 0.385. The van der Waals surface area contributed by atoms with Gasteiger partial charge in [0.05, 0.1) is 19.7 Å². The van der Waals surface area contributed by atoms with Crippen LogP contribution in [0.3, 0.4) is 0 Å². The third-order valence-electron chi connectivity index (χ3n) is 3.47. The van der Waals surface area contributed by atoms with E-state index in [1.807, 2.05) is 10.3 Å². The van der Waals surface area contributed by atoms with Crippen molar-refractivity contribution in [1.82, 2.24) is 15.2 Å². The normalized spacial score (nSPS) is 20.9. The smallest absolute Gasteiger partial charge is 0.407 e. The number of rotatable bonds is 3. The fourth-order valence-corrected chi connectivity index (χ4v) is 3.19. The van der Waals surface area contributed by atoms with Crippen molar-refractivity contribution in [3.63, 3.8) is 0 Å².